The Morgan fingerprint density at radius 3 is 2.60 bits per heavy atom. The normalized spacial score (nSPS) is 15.3. The van der Waals surface area contributed by atoms with Gasteiger partial charge in [-0.1, -0.05) is 11.6 Å². The maximum absolute atomic E-state index is 11.5. The van der Waals surface area contributed by atoms with E-state index in [-0.39, 0.29) is 11.4 Å². The fraction of sp³-hybridized carbons (Fsp3) is 0.316. The fourth-order valence-corrected chi connectivity index (χ4v) is 3.90. The van der Waals surface area contributed by atoms with Crippen molar-refractivity contribution in [3.8, 4) is 0 Å². The van der Waals surface area contributed by atoms with Crippen LogP contribution in [0.3, 0.4) is 0 Å². The molecule has 3 heterocycles. The van der Waals surface area contributed by atoms with E-state index in [1.165, 1.54) is 12.1 Å². The van der Waals surface area contributed by atoms with Crippen molar-refractivity contribution >= 4 is 34.3 Å². The predicted molar refractivity (Wildman–Crippen MR) is 112 cm³/mol. The number of nitro benzene ring substituents is 2. The summed E-state index contributed by atoms with van der Waals surface area (Å²) in [6.07, 6.45) is 4.57. The van der Waals surface area contributed by atoms with Crippen molar-refractivity contribution in [2.45, 2.75) is 13.0 Å². The fourth-order valence-electron chi connectivity index (χ4n) is 3.73. The first-order valence-corrected chi connectivity index (χ1v) is 9.82. The number of imidazole rings is 1. The molecule has 1 fully saturated rings. The summed E-state index contributed by atoms with van der Waals surface area (Å²) in [5.41, 5.74) is 1.64. The van der Waals surface area contributed by atoms with Gasteiger partial charge in [-0.2, -0.15) is 0 Å². The van der Waals surface area contributed by atoms with Crippen LogP contribution < -0.4 is 4.90 Å². The minimum absolute atomic E-state index is 0.241. The lowest BCUT2D eigenvalue weighted by molar-refractivity contribution is -0.393. The van der Waals surface area contributed by atoms with Crippen molar-refractivity contribution < 1.29 is 9.85 Å². The summed E-state index contributed by atoms with van der Waals surface area (Å²) < 4.78 is 1.89. The highest BCUT2D eigenvalue weighted by Crippen LogP contribution is 2.32. The molecule has 0 saturated carbocycles. The Labute approximate surface area is 176 Å². The average Bonchev–Trinajstić information content (AvgIpc) is 2.95. The van der Waals surface area contributed by atoms with E-state index in [4.69, 9.17) is 11.6 Å². The molecule has 1 aliphatic heterocycles. The molecule has 0 aliphatic carbocycles. The van der Waals surface area contributed by atoms with E-state index >= 15 is 0 Å². The van der Waals surface area contributed by atoms with Gasteiger partial charge in [-0.05, 0) is 24.6 Å². The minimum atomic E-state index is -0.622. The maximum Gasteiger partial charge on any atom is 0.299 e. The van der Waals surface area contributed by atoms with E-state index in [1.807, 2.05) is 27.8 Å². The molecule has 4 rings (SSSR count). The van der Waals surface area contributed by atoms with E-state index in [0.29, 0.717) is 36.9 Å². The third kappa shape index (κ3) is 4.19. The van der Waals surface area contributed by atoms with Crippen molar-refractivity contribution in [1.82, 2.24) is 14.3 Å². The van der Waals surface area contributed by atoms with Gasteiger partial charge in [0, 0.05) is 51.2 Å². The molecule has 11 heteroatoms. The molecule has 0 N–H and O–H groups in total. The van der Waals surface area contributed by atoms with Crippen LogP contribution in [0.5, 0.6) is 0 Å². The summed E-state index contributed by atoms with van der Waals surface area (Å²) in [6, 6.07) is 7.47. The first kappa shape index (κ1) is 20.0. The van der Waals surface area contributed by atoms with Gasteiger partial charge in [-0.15, -0.1) is 0 Å². The molecular formula is C19H19ClN6O4. The summed E-state index contributed by atoms with van der Waals surface area (Å²) in [5, 5.41) is 23.1. The van der Waals surface area contributed by atoms with Gasteiger partial charge in [-0.25, -0.2) is 4.98 Å². The summed E-state index contributed by atoms with van der Waals surface area (Å²) in [4.78, 5) is 30.0. The number of anilines is 1. The molecule has 1 saturated heterocycles. The first-order chi connectivity index (χ1) is 14.4. The average molecular weight is 431 g/mol. The number of halogens is 1. The largest absolute Gasteiger partial charge is 0.365 e. The molecule has 0 atom stereocenters. The molecule has 0 amide bonds. The van der Waals surface area contributed by atoms with E-state index in [9.17, 15) is 20.2 Å². The minimum Gasteiger partial charge on any atom is -0.365 e. The van der Waals surface area contributed by atoms with Crippen molar-refractivity contribution in [2.24, 2.45) is 0 Å². The highest BCUT2D eigenvalue weighted by Gasteiger charge is 2.25. The van der Waals surface area contributed by atoms with Crippen LogP contribution in [0.1, 0.15) is 12.1 Å². The molecule has 10 nitrogen and oxygen atoms in total. The van der Waals surface area contributed by atoms with E-state index in [2.05, 4.69) is 9.88 Å². The van der Waals surface area contributed by atoms with Gasteiger partial charge < -0.3 is 9.30 Å². The van der Waals surface area contributed by atoms with Gasteiger partial charge in [0.25, 0.3) is 11.4 Å². The van der Waals surface area contributed by atoms with Gasteiger partial charge >= 0.3 is 0 Å². The van der Waals surface area contributed by atoms with E-state index in [1.54, 1.807) is 6.07 Å². The summed E-state index contributed by atoms with van der Waals surface area (Å²) in [6.45, 7) is 3.40. The second kappa shape index (κ2) is 8.25. The molecule has 1 aromatic carbocycles. The van der Waals surface area contributed by atoms with Crippen molar-refractivity contribution in [3.63, 3.8) is 0 Å². The Kier molecular flexibility index (Phi) is 5.51. The van der Waals surface area contributed by atoms with Crippen LogP contribution in [0.4, 0.5) is 17.1 Å². The number of rotatable bonds is 5. The second-order valence-corrected chi connectivity index (χ2v) is 7.59. The van der Waals surface area contributed by atoms with Gasteiger partial charge in [0.1, 0.15) is 11.3 Å². The Hall–Kier alpha value is -3.24. The maximum atomic E-state index is 11.5. The first-order valence-electron chi connectivity index (χ1n) is 9.44. The number of aromatic nitrogens is 2. The lowest BCUT2D eigenvalue weighted by Crippen LogP contribution is -2.31. The van der Waals surface area contributed by atoms with Crippen LogP contribution in [-0.4, -0.2) is 50.3 Å². The highest BCUT2D eigenvalue weighted by molar-refractivity contribution is 6.30. The van der Waals surface area contributed by atoms with Crippen LogP contribution in [-0.2, 0) is 6.54 Å². The molecule has 0 bridgehead atoms. The molecule has 0 unspecified atom stereocenters. The zero-order chi connectivity index (χ0) is 21.3. The van der Waals surface area contributed by atoms with Crippen molar-refractivity contribution in [2.75, 3.05) is 31.1 Å². The summed E-state index contributed by atoms with van der Waals surface area (Å²) >= 11 is 6.03. The number of hydrogen-bond donors (Lipinski definition) is 0. The molecule has 3 aromatic rings. The third-order valence-electron chi connectivity index (χ3n) is 5.15. The monoisotopic (exact) mass is 430 g/mol. The summed E-state index contributed by atoms with van der Waals surface area (Å²) in [5.74, 6) is 0. The standard InChI is InChI=1S/C19H19ClN6O4/c20-14-2-5-19-21-15(13-24(19)11-14)12-22-6-1-7-23(9-8-22)17-4-3-16(25(27)28)10-18(17)26(29)30/h2-5,10-11,13H,1,6-9,12H2. The Bertz CT molecular complexity index is 1120. The summed E-state index contributed by atoms with van der Waals surface area (Å²) in [7, 11) is 0. The Morgan fingerprint density at radius 2 is 1.83 bits per heavy atom. The number of nitro groups is 2. The van der Waals surface area contributed by atoms with Crippen LogP contribution in [0.2, 0.25) is 5.02 Å². The van der Waals surface area contributed by atoms with Crippen molar-refractivity contribution in [3.05, 3.63) is 73.7 Å². The number of pyridine rings is 1. The molecule has 0 radical (unpaired) electrons. The molecule has 156 valence electrons. The Balaban J connectivity index is 1.48. The highest BCUT2D eigenvalue weighted by atomic mass is 35.5. The molecule has 0 spiro atoms. The number of fused-ring (bicyclic) bond motifs is 1. The topological polar surface area (TPSA) is 110 Å². The SMILES string of the molecule is O=[N+]([O-])c1ccc(N2CCCN(Cc3cn4cc(Cl)ccc4n3)CC2)c([N+](=O)[O-])c1. The van der Waals surface area contributed by atoms with Gasteiger partial charge in [0.05, 0.1) is 26.6 Å². The molecule has 1 aliphatic rings. The van der Waals surface area contributed by atoms with Gasteiger partial charge in [0.2, 0.25) is 0 Å². The van der Waals surface area contributed by atoms with E-state index < -0.39 is 9.85 Å². The lowest BCUT2D eigenvalue weighted by Gasteiger charge is -2.23. The van der Waals surface area contributed by atoms with E-state index in [0.717, 1.165) is 30.4 Å². The zero-order valence-corrected chi connectivity index (χ0v) is 16.7. The quantitative estimate of drug-likeness (QED) is 0.449. The lowest BCUT2D eigenvalue weighted by atomic mass is 10.2. The number of hydrogen-bond acceptors (Lipinski definition) is 7. The van der Waals surface area contributed by atoms with Crippen LogP contribution in [0.15, 0.2) is 42.7 Å². The molecular weight excluding hydrogens is 412 g/mol. The second-order valence-electron chi connectivity index (χ2n) is 7.15. The van der Waals surface area contributed by atoms with Gasteiger partial charge in [-0.3, -0.25) is 25.1 Å². The molecule has 2 aromatic heterocycles. The third-order valence-corrected chi connectivity index (χ3v) is 5.37. The predicted octanol–water partition coefficient (Wildman–Crippen LogP) is 3.52. The van der Waals surface area contributed by atoms with Crippen LogP contribution in [0, 0.1) is 20.2 Å². The number of benzene rings is 1. The van der Waals surface area contributed by atoms with Gasteiger partial charge in [0.15, 0.2) is 0 Å². The molecule has 30 heavy (non-hydrogen) atoms. The zero-order valence-electron chi connectivity index (χ0n) is 16.0. The number of non-ortho nitro benzene ring substituents is 1. The number of nitrogens with zero attached hydrogens (tertiary/aromatic N) is 6. The smallest absolute Gasteiger partial charge is 0.299 e. The van der Waals surface area contributed by atoms with Crippen molar-refractivity contribution in [1.29, 1.82) is 0 Å². The van der Waals surface area contributed by atoms with Crippen LogP contribution >= 0.6 is 11.6 Å². The van der Waals surface area contributed by atoms with Crippen LogP contribution in [0.25, 0.3) is 5.65 Å². The Morgan fingerprint density at radius 1 is 1.00 bits per heavy atom.